The molecular formula is C20H16N2O. The number of nitrogens with zero attached hydrogens (tertiary/aromatic N) is 1. The van der Waals surface area contributed by atoms with Crippen LogP contribution in [0.1, 0.15) is 27.2 Å². The van der Waals surface area contributed by atoms with Gasteiger partial charge in [-0.25, -0.2) is 0 Å². The number of aromatic amines is 1. The third-order valence-corrected chi connectivity index (χ3v) is 3.87. The molecule has 3 heteroatoms. The molecular weight excluding hydrogens is 284 g/mol. The third-order valence-electron chi connectivity index (χ3n) is 3.87. The highest BCUT2D eigenvalue weighted by Crippen LogP contribution is 2.25. The number of carbonyl (C=O) groups excluding carboxylic acids is 1. The number of benzene rings is 2. The monoisotopic (exact) mass is 300 g/mol. The molecule has 112 valence electrons. The number of rotatable bonds is 3. The van der Waals surface area contributed by atoms with Gasteiger partial charge in [0.15, 0.2) is 0 Å². The first kappa shape index (κ1) is 14.8. The maximum Gasteiger partial charge on any atom is 0.205 e. The fourth-order valence-electron chi connectivity index (χ4n) is 2.68. The van der Waals surface area contributed by atoms with Crippen LogP contribution in [0.2, 0.25) is 0 Å². The number of nitrogens with one attached hydrogen (secondary N) is 1. The first-order valence-corrected chi connectivity index (χ1v) is 7.40. The Balaban J connectivity index is 2.08. The van der Waals surface area contributed by atoms with Crippen LogP contribution in [0.4, 0.5) is 0 Å². The van der Waals surface area contributed by atoms with Crippen LogP contribution >= 0.6 is 0 Å². The van der Waals surface area contributed by atoms with Crippen molar-refractivity contribution in [3.05, 3.63) is 76.5 Å². The van der Waals surface area contributed by atoms with Gasteiger partial charge in [0.05, 0.1) is 5.56 Å². The lowest BCUT2D eigenvalue weighted by molar-refractivity contribution is 0.104. The van der Waals surface area contributed by atoms with Crippen LogP contribution in [0.15, 0.2) is 54.1 Å². The molecule has 0 aliphatic carbocycles. The maximum absolute atomic E-state index is 12.8. The predicted octanol–water partition coefficient (Wildman–Crippen LogP) is 4.57. The lowest BCUT2D eigenvalue weighted by Gasteiger charge is -2.01. The Morgan fingerprint density at radius 2 is 1.78 bits per heavy atom. The van der Waals surface area contributed by atoms with E-state index in [2.05, 4.69) is 4.98 Å². The fourth-order valence-corrected chi connectivity index (χ4v) is 2.68. The van der Waals surface area contributed by atoms with Crippen LogP contribution in [0.5, 0.6) is 0 Å². The molecule has 0 radical (unpaired) electrons. The van der Waals surface area contributed by atoms with Crippen LogP contribution in [-0.4, -0.2) is 10.8 Å². The summed E-state index contributed by atoms with van der Waals surface area (Å²) in [5.74, 6) is -0.247. The van der Waals surface area contributed by atoms with Crippen molar-refractivity contribution in [3.8, 4) is 6.07 Å². The van der Waals surface area contributed by atoms with E-state index in [1.165, 1.54) is 0 Å². The average molecular weight is 300 g/mol. The summed E-state index contributed by atoms with van der Waals surface area (Å²) in [4.78, 5) is 16.0. The number of allylic oxidation sites excluding steroid dienone is 1. The SMILES string of the molecule is Cc1ccc(/C=C(\C#N)C(=O)c2c(C)[nH]c3ccccc23)cc1. The molecule has 2 aromatic carbocycles. The zero-order valence-corrected chi connectivity index (χ0v) is 13.1. The summed E-state index contributed by atoms with van der Waals surface area (Å²) in [6, 6.07) is 17.4. The quantitative estimate of drug-likeness (QED) is 0.437. The summed E-state index contributed by atoms with van der Waals surface area (Å²) in [6.07, 6.45) is 1.64. The molecule has 0 spiro atoms. The van der Waals surface area contributed by atoms with E-state index in [0.717, 1.165) is 27.7 Å². The summed E-state index contributed by atoms with van der Waals surface area (Å²) in [5, 5.41) is 10.3. The molecule has 0 bridgehead atoms. The number of hydrogen-bond donors (Lipinski definition) is 1. The molecule has 0 atom stereocenters. The molecule has 1 N–H and O–H groups in total. The number of para-hydroxylation sites is 1. The van der Waals surface area contributed by atoms with Crippen LogP contribution < -0.4 is 0 Å². The van der Waals surface area contributed by atoms with Gasteiger partial charge < -0.3 is 4.98 Å². The molecule has 0 aliphatic rings. The van der Waals surface area contributed by atoms with E-state index in [-0.39, 0.29) is 11.4 Å². The molecule has 0 fully saturated rings. The second-order valence-corrected chi connectivity index (χ2v) is 5.58. The van der Waals surface area contributed by atoms with E-state index < -0.39 is 0 Å². The maximum atomic E-state index is 12.8. The third kappa shape index (κ3) is 2.79. The summed E-state index contributed by atoms with van der Waals surface area (Å²) in [7, 11) is 0. The summed E-state index contributed by atoms with van der Waals surface area (Å²) in [5.41, 5.74) is 4.38. The number of aryl methyl sites for hydroxylation is 2. The van der Waals surface area contributed by atoms with Gasteiger partial charge in [-0.3, -0.25) is 4.79 Å². The highest BCUT2D eigenvalue weighted by atomic mass is 16.1. The number of ketones is 1. The Bertz CT molecular complexity index is 953. The van der Waals surface area contributed by atoms with Crippen molar-refractivity contribution in [2.45, 2.75) is 13.8 Å². The van der Waals surface area contributed by atoms with Gasteiger partial charge in [-0.15, -0.1) is 0 Å². The number of carbonyl (C=O) groups is 1. The largest absolute Gasteiger partial charge is 0.358 e. The van der Waals surface area contributed by atoms with Crippen molar-refractivity contribution in [2.75, 3.05) is 0 Å². The van der Waals surface area contributed by atoms with Crippen molar-refractivity contribution in [1.82, 2.24) is 4.98 Å². The number of nitriles is 1. The minimum absolute atomic E-state index is 0.140. The lowest BCUT2D eigenvalue weighted by Crippen LogP contribution is -2.03. The van der Waals surface area contributed by atoms with Gasteiger partial charge in [-0.05, 0) is 31.6 Å². The normalized spacial score (nSPS) is 11.4. The topological polar surface area (TPSA) is 56.6 Å². The van der Waals surface area contributed by atoms with Crippen molar-refractivity contribution in [2.24, 2.45) is 0 Å². The average Bonchev–Trinajstić information content (AvgIpc) is 2.89. The van der Waals surface area contributed by atoms with E-state index in [4.69, 9.17) is 0 Å². The molecule has 0 saturated heterocycles. The molecule has 0 saturated carbocycles. The van der Waals surface area contributed by atoms with Gasteiger partial charge in [0.25, 0.3) is 0 Å². The lowest BCUT2D eigenvalue weighted by atomic mass is 9.99. The van der Waals surface area contributed by atoms with Crippen molar-refractivity contribution in [1.29, 1.82) is 5.26 Å². The predicted molar refractivity (Wildman–Crippen MR) is 92.1 cm³/mol. The van der Waals surface area contributed by atoms with Gasteiger partial charge in [0.2, 0.25) is 5.78 Å². The number of Topliss-reactive ketones (excluding diaryl/α,β-unsaturated/α-hetero) is 1. The van der Waals surface area contributed by atoms with Crippen molar-refractivity contribution < 1.29 is 4.79 Å². The fraction of sp³-hybridized carbons (Fsp3) is 0.100. The molecule has 3 aromatic rings. The van der Waals surface area contributed by atoms with Crippen LogP contribution in [0.25, 0.3) is 17.0 Å². The summed E-state index contributed by atoms with van der Waals surface area (Å²) < 4.78 is 0. The molecule has 1 heterocycles. The number of hydrogen-bond acceptors (Lipinski definition) is 2. The van der Waals surface area contributed by atoms with Crippen molar-refractivity contribution >= 4 is 22.8 Å². The Morgan fingerprint density at radius 3 is 2.48 bits per heavy atom. The van der Waals surface area contributed by atoms with Gasteiger partial charge in [0, 0.05) is 16.6 Å². The van der Waals surface area contributed by atoms with E-state index in [9.17, 15) is 10.1 Å². The van der Waals surface area contributed by atoms with E-state index in [1.807, 2.05) is 68.4 Å². The molecule has 0 amide bonds. The zero-order chi connectivity index (χ0) is 16.4. The smallest absolute Gasteiger partial charge is 0.205 e. The van der Waals surface area contributed by atoms with Crippen molar-refractivity contribution in [3.63, 3.8) is 0 Å². The second-order valence-electron chi connectivity index (χ2n) is 5.58. The Labute approximate surface area is 134 Å². The van der Waals surface area contributed by atoms with Crippen LogP contribution in [0, 0.1) is 25.2 Å². The van der Waals surface area contributed by atoms with Gasteiger partial charge in [-0.1, -0.05) is 48.0 Å². The number of aromatic nitrogens is 1. The van der Waals surface area contributed by atoms with Gasteiger partial charge >= 0.3 is 0 Å². The Kier molecular flexibility index (Phi) is 3.82. The molecule has 0 unspecified atom stereocenters. The summed E-state index contributed by atoms with van der Waals surface area (Å²) in [6.45, 7) is 3.85. The molecule has 3 rings (SSSR count). The minimum atomic E-state index is -0.247. The molecule has 3 nitrogen and oxygen atoms in total. The molecule has 0 aliphatic heterocycles. The highest BCUT2D eigenvalue weighted by Gasteiger charge is 2.19. The van der Waals surface area contributed by atoms with Gasteiger partial charge in [-0.2, -0.15) is 5.26 Å². The Hall–Kier alpha value is -3.12. The number of fused-ring (bicyclic) bond motifs is 1. The van der Waals surface area contributed by atoms with E-state index in [0.29, 0.717) is 5.56 Å². The first-order chi connectivity index (χ1) is 11.1. The highest BCUT2D eigenvalue weighted by molar-refractivity contribution is 6.20. The van der Waals surface area contributed by atoms with Crippen LogP contribution in [0.3, 0.4) is 0 Å². The zero-order valence-electron chi connectivity index (χ0n) is 13.1. The molecule has 1 aromatic heterocycles. The summed E-state index contributed by atoms with van der Waals surface area (Å²) >= 11 is 0. The van der Waals surface area contributed by atoms with E-state index in [1.54, 1.807) is 6.08 Å². The standard InChI is InChI=1S/C20H16N2O/c1-13-7-9-15(10-8-13)11-16(12-21)20(23)19-14(2)22-18-6-4-3-5-17(18)19/h3-11,22H,1-2H3/b16-11+. The van der Waals surface area contributed by atoms with Gasteiger partial charge in [0.1, 0.15) is 11.6 Å². The minimum Gasteiger partial charge on any atom is -0.358 e. The molecule has 23 heavy (non-hydrogen) atoms. The number of H-pyrrole nitrogens is 1. The van der Waals surface area contributed by atoms with E-state index >= 15 is 0 Å². The Morgan fingerprint density at radius 1 is 1.09 bits per heavy atom. The van der Waals surface area contributed by atoms with Crippen LogP contribution in [-0.2, 0) is 0 Å². The second kappa shape index (κ2) is 5.94. The first-order valence-electron chi connectivity index (χ1n) is 7.40.